The van der Waals surface area contributed by atoms with E-state index >= 15 is 0 Å². The maximum absolute atomic E-state index is 12.6. The number of nitrogens with zero attached hydrogens (tertiary/aromatic N) is 1. The number of alkyl halides is 3. The Morgan fingerprint density at radius 3 is 2.26 bits per heavy atom. The minimum Gasteiger partial charge on any atom is -0.480 e. The number of likely N-dealkylation sites (tertiary alicyclic amines) is 1. The monoisotopic (exact) mass is 280 g/mol. The van der Waals surface area contributed by atoms with Crippen LogP contribution in [-0.4, -0.2) is 46.8 Å². The lowest BCUT2D eigenvalue weighted by Crippen LogP contribution is -2.51. The van der Waals surface area contributed by atoms with Crippen LogP contribution in [0.4, 0.5) is 13.2 Å². The molecular weight excluding hydrogens is 261 g/mol. The Balaban J connectivity index is 1.88. The van der Waals surface area contributed by atoms with Gasteiger partial charge in [0, 0.05) is 19.1 Å². The predicted molar refractivity (Wildman–Crippen MR) is 62.5 cm³/mol. The quantitative estimate of drug-likeness (QED) is 0.806. The van der Waals surface area contributed by atoms with Gasteiger partial charge in [0.2, 0.25) is 0 Å². The Kier molecular flexibility index (Phi) is 3.79. The van der Waals surface area contributed by atoms with Crippen molar-refractivity contribution in [3.63, 3.8) is 0 Å². The summed E-state index contributed by atoms with van der Waals surface area (Å²) in [7, 11) is 0. The first-order valence-corrected chi connectivity index (χ1v) is 6.55. The van der Waals surface area contributed by atoms with E-state index in [1.807, 2.05) is 4.90 Å². The van der Waals surface area contributed by atoms with E-state index in [4.69, 9.17) is 10.8 Å². The summed E-state index contributed by atoms with van der Waals surface area (Å²) in [4.78, 5) is 13.0. The van der Waals surface area contributed by atoms with Crippen LogP contribution < -0.4 is 5.73 Å². The third-order valence-electron chi connectivity index (χ3n) is 4.43. The SMILES string of the molecule is NC1(C(=O)O)CCN(C2CCC(C(F)(F)F)CC2)C1. The molecule has 3 N–H and O–H groups in total. The summed E-state index contributed by atoms with van der Waals surface area (Å²) in [5.41, 5.74) is 4.54. The molecule has 2 fully saturated rings. The van der Waals surface area contributed by atoms with Gasteiger partial charge in [-0.15, -0.1) is 0 Å². The second-order valence-electron chi connectivity index (χ2n) is 5.73. The van der Waals surface area contributed by atoms with Crippen molar-refractivity contribution in [1.29, 1.82) is 0 Å². The van der Waals surface area contributed by atoms with Gasteiger partial charge < -0.3 is 10.8 Å². The lowest BCUT2D eigenvalue weighted by atomic mass is 9.85. The molecule has 0 radical (unpaired) electrons. The average molecular weight is 280 g/mol. The predicted octanol–water partition coefficient (Wildman–Crippen LogP) is 1.60. The van der Waals surface area contributed by atoms with Crippen molar-refractivity contribution in [2.75, 3.05) is 13.1 Å². The highest BCUT2D eigenvalue weighted by Gasteiger charge is 2.46. The first-order valence-electron chi connectivity index (χ1n) is 6.55. The second kappa shape index (κ2) is 4.94. The minimum absolute atomic E-state index is 0.0448. The summed E-state index contributed by atoms with van der Waals surface area (Å²) in [6.45, 7) is 0.799. The summed E-state index contributed by atoms with van der Waals surface area (Å²) in [5.74, 6) is -2.23. The van der Waals surface area contributed by atoms with Crippen molar-refractivity contribution in [2.24, 2.45) is 11.7 Å². The summed E-state index contributed by atoms with van der Waals surface area (Å²) in [5, 5.41) is 9.04. The molecule has 1 saturated carbocycles. The third-order valence-corrected chi connectivity index (χ3v) is 4.43. The van der Waals surface area contributed by atoms with E-state index in [9.17, 15) is 18.0 Å². The lowest BCUT2D eigenvalue weighted by Gasteiger charge is -2.35. The Bertz CT molecular complexity index is 353. The standard InChI is InChI=1S/C12H19F3N2O2/c13-12(14,15)8-1-3-9(4-2-8)17-6-5-11(16,7-17)10(18)19/h8-9H,1-7,16H2,(H,18,19). The van der Waals surface area contributed by atoms with Crippen LogP contribution >= 0.6 is 0 Å². The van der Waals surface area contributed by atoms with Gasteiger partial charge in [-0.25, -0.2) is 0 Å². The molecule has 2 aliphatic rings. The second-order valence-corrected chi connectivity index (χ2v) is 5.73. The van der Waals surface area contributed by atoms with Crippen LogP contribution in [0, 0.1) is 5.92 Å². The highest BCUT2D eigenvalue weighted by atomic mass is 19.4. The molecule has 19 heavy (non-hydrogen) atoms. The molecule has 0 spiro atoms. The number of carboxylic acid groups (broad SMARTS) is 1. The minimum atomic E-state index is -4.10. The van der Waals surface area contributed by atoms with Crippen LogP contribution in [-0.2, 0) is 4.79 Å². The van der Waals surface area contributed by atoms with Gasteiger partial charge in [-0.2, -0.15) is 13.2 Å². The maximum Gasteiger partial charge on any atom is 0.391 e. The topological polar surface area (TPSA) is 66.6 Å². The average Bonchev–Trinajstić information content (AvgIpc) is 2.72. The van der Waals surface area contributed by atoms with Crippen molar-refractivity contribution in [3.8, 4) is 0 Å². The fourth-order valence-corrected chi connectivity index (χ4v) is 3.12. The summed E-state index contributed by atoms with van der Waals surface area (Å²) >= 11 is 0. The van der Waals surface area contributed by atoms with Gasteiger partial charge in [0.05, 0.1) is 5.92 Å². The van der Waals surface area contributed by atoms with Crippen molar-refractivity contribution in [2.45, 2.75) is 49.9 Å². The van der Waals surface area contributed by atoms with Gasteiger partial charge in [-0.3, -0.25) is 9.69 Å². The molecule has 1 aliphatic carbocycles. The molecule has 1 heterocycles. The fourth-order valence-electron chi connectivity index (χ4n) is 3.12. The number of carbonyl (C=O) groups is 1. The van der Waals surface area contributed by atoms with E-state index in [-0.39, 0.29) is 25.4 Å². The van der Waals surface area contributed by atoms with Gasteiger partial charge >= 0.3 is 12.1 Å². The Morgan fingerprint density at radius 2 is 1.84 bits per heavy atom. The molecular formula is C12H19F3N2O2. The third kappa shape index (κ3) is 3.02. The van der Waals surface area contributed by atoms with Gasteiger partial charge in [-0.05, 0) is 32.1 Å². The van der Waals surface area contributed by atoms with Crippen LogP contribution in [0.25, 0.3) is 0 Å². The molecule has 7 heteroatoms. The van der Waals surface area contributed by atoms with Gasteiger partial charge in [0.25, 0.3) is 0 Å². The Morgan fingerprint density at radius 1 is 1.26 bits per heavy atom. The van der Waals surface area contributed by atoms with E-state index in [0.717, 1.165) is 0 Å². The summed E-state index contributed by atoms with van der Waals surface area (Å²) < 4.78 is 37.7. The zero-order valence-corrected chi connectivity index (χ0v) is 10.6. The Labute approximate surface area is 109 Å². The molecule has 4 nitrogen and oxygen atoms in total. The van der Waals surface area contributed by atoms with Gasteiger partial charge in [-0.1, -0.05) is 0 Å². The smallest absolute Gasteiger partial charge is 0.391 e. The van der Waals surface area contributed by atoms with E-state index in [1.54, 1.807) is 0 Å². The van der Waals surface area contributed by atoms with Crippen molar-refractivity contribution in [1.82, 2.24) is 4.90 Å². The number of rotatable bonds is 2. The number of carboxylic acids is 1. The first kappa shape index (κ1) is 14.6. The molecule has 0 aromatic carbocycles. The maximum atomic E-state index is 12.6. The van der Waals surface area contributed by atoms with Gasteiger partial charge in [0.15, 0.2) is 0 Å². The zero-order chi connectivity index (χ0) is 14.3. The fraction of sp³-hybridized carbons (Fsp3) is 0.917. The number of nitrogens with two attached hydrogens (primary N) is 1. The van der Waals surface area contributed by atoms with E-state index < -0.39 is 23.6 Å². The molecule has 0 aromatic heterocycles. The van der Waals surface area contributed by atoms with Crippen molar-refractivity contribution >= 4 is 5.97 Å². The molecule has 0 amide bonds. The van der Waals surface area contributed by atoms with Gasteiger partial charge in [0.1, 0.15) is 5.54 Å². The molecule has 110 valence electrons. The molecule has 2 rings (SSSR count). The van der Waals surface area contributed by atoms with Crippen LogP contribution in [0.1, 0.15) is 32.1 Å². The summed E-state index contributed by atoms with van der Waals surface area (Å²) in [6.07, 6.45) is -2.53. The number of aliphatic carboxylic acids is 1. The largest absolute Gasteiger partial charge is 0.480 e. The van der Waals surface area contributed by atoms with Crippen LogP contribution in [0.15, 0.2) is 0 Å². The van der Waals surface area contributed by atoms with E-state index in [0.29, 0.717) is 25.8 Å². The van der Waals surface area contributed by atoms with Crippen LogP contribution in [0.3, 0.4) is 0 Å². The molecule has 1 atom stereocenters. The number of hydrogen-bond donors (Lipinski definition) is 2. The van der Waals surface area contributed by atoms with E-state index in [2.05, 4.69) is 0 Å². The van der Waals surface area contributed by atoms with Crippen LogP contribution in [0.2, 0.25) is 0 Å². The summed E-state index contributed by atoms with van der Waals surface area (Å²) in [6, 6.07) is 0.0448. The molecule has 0 bridgehead atoms. The first-order chi connectivity index (χ1) is 8.72. The molecule has 1 unspecified atom stereocenters. The normalized spacial score (nSPS) is 37.5. The van der Waals surface area contributed by atoms with Crippen LogP contribution in [0.5, 0.6) is 0 Å². The lowest BCUT2D eigenvalue weighted by molar-refractivity contribution is -0.184. The number of hydrogen-bond acceptors (Lipinski definition) is 3. The van der Waals surface area contributed by atoms with E-state index in [1.165, 1.54) is 0 Å². The van der Waals surface area contributed by atoms with Crippen molar-refractivity contribution in [3.05, 3.63) is 0 Å². The molecule has 0 aromatic rings. The number of halogens is 3. The molecule has 1 aliphatic heterocycles. The Hall–Kier alpha value is -0.820. The molecule has 1 saturated heterocycles. The highest BCUT2D eigenvalue weighted by molar-refractivity contribution is 5.79. The highest BCUT2D eigenvalue weighted by Crippen LogP contribution is 2.39. The zero-order valence-electron chi connectivity index (χ0n) is 10.6. The van der Waals surface area contributed by atoms with Crippen molar-refractivity contribution < 1.29 is 23.1 Å².